The minimum absolute atomic E-state index is 0.0253. The minimum Gasteiger partial charge on any atom is -0.494 e. The van der Waals surface area contributed by atoms with Crippen LogP contribution in [0.15, 0.2) is 12.1 Å². The van der Waals surface area contributed by atoms with Gasteiger partial charge in [0, 0.05) is 0 Å². The summed E-state index contributed by atoms with van der Waals surface area (Å²) < 4.78 is 17.8. The minimum atomic E-state index is -0.630. The number of hydrogen-bond donors (Lipinski definition) is 0. The van der Waals surface area contributed by atoms with Crippen LogP contribution in [0.2, 0.25) is 5.02 Å². The molecule has 0 N–H and O–H groups in total. The summed E-state index contributed by atoms with van der Waals surface area (Å²) in [5, 5.41) is -0.205. The number of alkyl halides is 1. The predicted molar refractivity (Wildman–Crippen MR) is 53.0 cm³/mol. The van der Waals surface area contributed by atoms with E-state index in [4.69, 9.17) is 27.9 Å². The Hall–Kier alpha value is -0.800. The second-order valence-corrected chi connectivity index (χ2v) is 3.14. The van der Waals surface area contributed by atoms with E-state index < -0.39 is 5.82 Å². The van der Waals surface area contributed by atoms with Gasteiger partial charge >= 0.3 is 0 Å². The van der Waals surface area contributed by atoms with E-state index in [9.17, 15) is 9.18 Å². The molecule has 1 rings (SSSR count). The van der Waals surface area contributed by atoms with Crippen molar-refractivity contribution in [2.45, 2.75) is 0 Å². The summed E-state index contributed by atoms with van der Waals surface area (Å²) in [5.41, 5.74) is 0.189. The molecule has 0 aliphatic carbocycles. The fourth-order valence-corrected chi connectivity index (χ4v) is 1.41. The molecule has 2 nitrogen and oxygen atoms in total. The van der Waals surface area contributed by atoms with Gasteiger partial charge in [-0.2, -0.15) is 0 Å². The van der Waals surface area contributed by atoms with Crippen LogP contribution in [0.5, 0.6) is 5.75 Å². The van der Waals surface area contributed by atoms with Crippen LogP contribution < -0.4 is 4.74 Å². The van der Waals surface area contributed by atoms with Crippen LogP contribution in [0.25, 0.3) is 0 Å². The molecule has 0 amide bonds. The Labute approximate surface area is 90.6 Å². The summed E-state index contributed by atoms with van der Waals surface area (Å²) in [6, 6.07) is 2.40. The largest absolute Gasteiger partial charge is 0.494 e. The summed E-state index contributed by atoms with van der Waals surface area (Å²) in [6.45, 7) is 0. The van der Waals surface area contributed by atoms with Gasteiger partial charge in [-0.05, 0) is 12.1 Å². The maximum Gasteiger partial charge on any atom is 0.181 e. The second kappa shape index (κ2) is 4.62. The smallest absolute Gasteiger partial charge is 0.181 e. The molecule has 1 aromatic carbocycles. The van der Waals surface area contributed by atoms with Crippen LogP contribution >= 0.6 is 23.2 Å². The Bertz CT molecular complexity index is 366. The Kier molecular flexibility index (Phi) is 3.72. The Morgan fingerprint density at radius 3 is 2.71 bits per heavy atom. The van der Waals surface area contributed by atoms with Gasteiger partial charge in [-0.3, -0.25) is 4.79 Å². The first-order valence-electron chi connectivity index (χ1n) is 3.73. The van der Waals surface area contributed by atoms with Gasteiger partial charge in [-0.1, -0.05) is 11.6 Å². The average molecular weight is 237 g/mol. The lowest BCUT2D eigenvalue weighted by Crippen LogP contribution is -2.04. The molecular formula is C9H7Cl2FO2. The summed E-state index contributed by atoms with van der Waals surface area (Å²) >= 11 is 11.0. The van der Waals surface area contributed by atoms with Gasteiger partial charge in [0.05, 0.1) is 18.6 Å². The van der Waals surface area contributed by atoms with E-state index in [0.717, 1.165) is 6.07 Å². The normalized spacial score (nSPS) is 10.0. The zero-order chi connectivity index (χ0) is 10.7. The molecule has 0 atom stereocenters. The second-order valence-electron chi connectivity index (χ2n) is 2.50. The number of carbonyl (C=O) groups excluding carboxylic acids is 1. The lowest BCUT2D eigenvalue weighted by atomic mass is 10.1. The highest BCUT2D eigenvalue weighted by Crippen LogP contribution is 2.31. The molecule has 76 valence electrons. The molecule has 0 aliphatic rings. The Morgan fingerprint density at radius 2 is 2.21 bits per heavy atom. The summed E-state index contributed by atoms with van der Waals surface area (Å²) in [4.78, 5) is 11.3. The number of halogens is 3. The fraction of sp³-hybridized carbons (Fsp3) is 0.222. The Morgan fingerprint density at radius 1 is 1.57 bits per heavy atom. The van der Waals surface area contributed by atoms with E-state index in [1.54, 1.807) is 0 Å². The number of Topliss-reactive ketones (excluding diaryl/α,β-unsaturated/α-hetero) is 1. The molecule has 0 saturated carbocycles. The van der Waals surface area contributed by atoms with Crippen LogP contribution in [0, 0.1) is 5.82 Å². The molecule has 0 saturated heterocycles. The van der Waals surface area contributed by atoms with Crippen molar-refractivity contribution < 1.29 is 13.9 Å². The van der Waals surface area contributed by atoms with Crippen molar-refractivity contribution in [1.82, 2.24) is 0 Å². The zero-order valence-electron chi connectivity index (χ0n) is 7.31. The molecule has 0 spiro atoms. The van der Waals surface area contributed by atoms with E-state index in [0.29, 0.717) is 0 Å². The molecule has 0 unspecified atom stereocenters. The van der Waals surface area contributed by atoms with E-state index in [1.807, 2.05) is 0 Å². The van der Waals surface area contributed by atoms with E-state index >= 15 is 0 Å². The van der Waals surface area contributed by atoms with Gasteiger partial charge in [0.25, 0.3) is 0 Å². The van der Waals surface area contributed by atoms with Gasteiger partial charge in [-0.25, -0.2) is 4.39 Å². The van der Waals surface area contributed by atoms with Crippen molar-refractivity contribution >= 4 is 29.0 Å². The van der Waals surface area contributed by atoms with E-state index in [-0.39, 0.29) is 28.0 Å². The number of ether oxygens (including phenoxy) is 1. The first kappa shape index (κ1) is 11.3. The Balaban J connectivity index is 3.31. The summed E-state index contributed by atoms with van der Waals surface area (Å²) in [7, 11) is 1.31. The third-order valence-electron chi connectivity index (χ3n) is 1.68. The number of methoxy groups -OCH3 is 1. The fourth-order valence-electron chi connectivity index (χ4n) is 1.02. The van der Waals surface area contributed by atoms with Crippen LogP contribution in [0.3, 0.4) is 0 Å². The predicted octanol–water partition coefficient (Wildman–Crippen LogP) is 2.91. The van der Waals surface area contributed by atoms with E-state index in [1.165, 1.54) is 13.2 Å². The van der Waals surface area contributed by atoms with Crippen molar-refractivity contribution in [2.75, 3.05) is 13.0 Å². The quantitative estimate of drug-likeness (QED) is 0.596. The van der Waals surface area contributed by atoms with Crippen LogP contribution in [-0.4, -0.2) is 18.8 Å². The highest BCUT2D eigenvalue weighted by atomic mass is 35.5. The van der Waals surface area contributed by atoms with Gasteiger partial charge in [0.2, 0.25) is 0 Å². The van der Waals surface area contributed by atoms with Crippen LogP contribution in [0.4, 0.5) is 4.39 Å². The standard InChI is InChI=1S/C9H7Cl2FO2/c1-14-9-5(7(13)4-10)2-3-6(12)8(9)11/h2-3H,4H2,1H3. The molecular weight excluding hydrogens is 230 g/mol. The third-order valence-corrected chi connectivity index (χ3v) is 2.27. The molecule has 5 heteroatoms. The molecule has 0 bridgehead atoms. The third kappa shape index (κ3) is 1.99. The first-order chi connectivity index (χ1) is 6.61. The zero-order valence-corrected chi connectivity index (χ0v) is 8.82. The van der Waals surface area contributed by atoms with Crippen LogP contribution in [0.1, 0.15) is 10.4 Å². The maximum absolute atomic E-state index is 13.0. The molecule has 1 aromatic rings. The number of hydrogen-bond acceptors (Lipinski definition) is 2. The molecule has 0 aromatic heterocycles. The van der Waals surface area contributed by atoms with Gasteiger partial charge in [0.15, 0.2) is 11.5 Å². The van der Waals surface area contributed by atoms with Gasteiger partial charge < -0.3 is 4.74 Å². The topological polar surface area (TPSA) is 26.3 Å². The summed E-state index contributed by atoms with van der Waals surface area (Å²) in [6.07, 6.45) is 0. The SMILES string of the molecule is COc1c(C(=O)CCl)ccc(F)c1Cl. The van der Waals surface area contributed by atoms with Crippen molar-refractivity contribution in [3.63, 3.8) is 0 Å². The van der Waals surface area contributed by atoms with Crippen molar-refractivity contribution in [1.29, 1.82) is 0 Å². The van der Waals surface area contributed by atoms with E-state index in [2.05, 4.69) is 0 Å². The molecule has 0 heterocycles. The number of carbonyl (C=O) groups is 1. The molecule has 0 radical (unpaired) electrons. The lowest BCUT2D eigenvalue weighted by Gasteiger charge is -2.08. The highest BCUT2D eigenvalue weighted by molar-refractivity contribution is 6.34. The van der Waals surface area contributed by atoms with Crippen molar-refractivity contribution in [3.8, 4) is 5.75 Å². The highest BCUT2D eigenvalue weighted by Gasteiger charge is 2.16. The van der Waals surface area contributed by atoms with Crippen LogP contribution in [-0.2, 0) is 0 Å². The first-order valence-corrected chi connectivity index (χ1v) is 4.64. The number of ketones is 1. The average Bonchev–Trinajstić information content (AvgIpc) is 2.20. The van der Waals surface area contributed by atoms with Gasteiger partial charge in [-0.15, -0.1) is 11.6 Å². The summed E-state index contributed by atoms with van der Waals surface area (Å²) in [5.74, 6) is -1.16. The monoisotopic (exact) mass is 236 g/mol. The van der Waals surface area contributed by atoms with Gasteiger partial charge in [0.1, 0.15) is 10.8 Å². The van der Waals surface area contributed by atoms with Crippen molar-refractivity contribution in [2.24, 2.45) is 0 Å². The molecule has 14 heavy (non-hydrogen) atoms. The molecule has 0 aliphatic heterocycles. The number of rotatable bonds is 3. The number of benzene rings is 1. The lowest BCUT2D eigenvalue weighted by molar-refractivity contribution is 0.101. The molecule has 0 fully saturated rings. The van der Waals surface area contributed by atoms with Crippen molar-refractivity contribution in [3.05, 3.63) is 28.5 Å². The maximum atomic E-state index is 13.0.